The van der Waals surface area contributed by atoms with Gasteiger partial charge in [-0.2, -0.15) is 9.78 Å². The van der Waals surface area contributed by atoms with Crippen LogP contribution in [0.4, 0.5) is 5.69 Å². The van der Waals surface area contributed by atoms with Crippen molar-refractivity contribution >= 4 is 38.7 Å². The van der Waals surface area contributed by atoms with Crippen LogP contribution in [0, 0.1) is 10.1 Å². The number of hydrogen-bond acceptors (Lipinski definition) is 7. The zero-order valence-electron chi connectivity index (χ0n) is 16.6. The van der Waals surface area contributed by atoms with E-state index in [1.54, 1.807) is 18.2 Å². The molecule has 1 aromatic heterocycles. The molecule has 30 heavy (non-hydrogen) atoms. The number of aryl methyl sites for hydroxylation is 1. The normalized spacial score (nSPS) is 11.2. The third kappa shape index (κ3) is 4.18. The smallest absolute Gasteiger partial charge is 0.315 e. The van der Waals surface area contributed by atoms with Crippen LogP contribution in [0.25, 0.3) is 10.9 Å². The molecule has 0 saturated carbocycles. The second-order valence-electron chi connectivity index (χ2n) is 6.33. The van der Waals surface area contributed by atoms with Crippen LogP contribution in [0.3, 0.4) is 0 Å². The van der Waals surface area contributed by atoms with Crippen molar-refractivity contribution in [2.24, 2.45) is 5.10 Å². The molecular formula is C20H19BrN4O5. The Hall–Kier alpha value is -3.27. The van der Waals surface area contributed by atoms with Gasteiger partial charge in [-0.3, -0.25) is 14.9 Å². The van der Waals surface area contributed by atoms with E-state index >= 15 is 0 Å². The molecular weight excluding hydrogens is 456 g/mol. The van der Waals surface area contributed by atoms with Crippen molar-refractivity contribution in [1.82, 2.24) is 9.66 Å². The van der Waals surface area contributed by atoms with E-state index in [2.05, 4.69) is 26.0 Å². The molecule has 0 spiro atoms. The first-order chi connectivity index (χ1) is 14.4. The predicted octanol–water partition coefficient (Wildman–Crippen LogP) is 3.92. The number of methoxy groups -OCH3 is 2. The van der Waals surface area contributed by atoms with Gasteiger partial charge in [0.2, 0.25) is 5.75 Å². The summed E-state index contributed by atoms with van der Waals surface area (Å²) in [4.78, 5) is 28.4. The highest BCUT2D eigenvalue weighted by atomic mass is 79.9. The van der Waals surface area contributed by atoms with E-state index < -0.39 is 4.92 Å². The fraction of sp³-hybridized carbons (Fsp3) is 0.250. The maximum atomic E-state index is 13.0. The van der Waals surface area contributed by atoms with Crippen molar-refractivity contribution < 1.29 is 14.4 Å². The zero-order chi connectivity index (χ0) is 21.8. The summed E-state index contributed by atoms with van der Waals surface area (Å²) in [6.07, 6.45) is 2.68. The lowest BCUT2D eigenvalue weighted by molar-refractivity contribution is -0.385. The van der Waals surface area contributed by atoms with Gasteiger partial charge >= 0.3 is 5.69 Å². The number of ether oxygens (including phenoxy) is 2. The molecule has 3 rings (SSSR count). The standard InChI is InChI=1S/C20H19BrN4O5/c1-4-5-18-23-15-7-6-13(21)10-14(15)20(26)24(18)22-11-12-8-16(25(27)28)19(30-3)17(9-12)29-2/h6-11H,4-5H2,1-3H3. The molecule has 9 nitrogen and oxygen atoms in total. The van der Waals surface area contributed by atoms with Gasteiger partial charge in [0.05, 0.1) is 36.3 Å². The van der Waals surface area contributed by atoms with E-state index in [9.17, 15) is 14.9 Å². The number of hydrogen-bond donors (Lipinski definition) is 0. The fourth-order valence-corrected chi connectivity index (χ4v) is 3.36. The summed E-state index contributed by atoms with van der Waals surface area (Å²) in [5.74, 6) is 0.708. The Morgan fingerprint density at radius 3 is 2.67 bits per heavy atom. The van der Waals surface area contributed by atoms with Crippen LogP contribution >= 0.6 is 15.9 Å². The first-order valence-corrected chi connectivity index (χ1v) is 9.84. The van der Waals surface area contributed by atoms with Crippen LogP contribution in [0.15, 0.2) is 44.7 Å². The van der Waals surface area contributed by atoms with Gasteiger partial charge in [0, 0.05) is 22.5 Å². The maximum Gasteiger partial charge on any atom is 0.315 e. The first kappa shape index (κ1) is 21.4. The monoisotopic (exact) mass is 474 g/mol. The second kappa shape index (κ2) is 9.04. The summed E-state index contributed by atoms with van der Waals surface area (Å²) in [6.45, 7) is 1.98. The van der Waals surface area contributed by atoms with Crippen molar-refractivity contribution in [3.05, 3.63) is 66.7 Å². The molecule has 0 N–H and O–H groups in total. The van der Waals surface area contributed by atoms with Crippen molar-refractivity contribution in [1.29, 1.82) is 0 Å². The number of halogens is 1. The molecule has 0 aliphatic carbocycles. The highest BCUT2D eigenvalue weighted by Crippen LogP contribution is 2.37. The number of nitro benzene ring substituents is 1. The van der Waals surface area contributed by atoms with Crippen molar-refractivity contribution in [3.8, 4) is 11.5 Å². The van der Waals surface area contributed by atoms with Crippen LogP contribution in [0.1, 0.15) is 24.7 Å². The molecule has 2 aromatic carbocycles. The van der Waals surface area contributed by atoms with E-state index in [0.717, 1.165) is 10.9 Å². The second-order valence-corrected chi connectivity index (χ2v) is 7.25. The number of nitrogens with zero attached hydrogens (tertiary/aromatic N) is 4. The average Bonchev–Trinajstić information content (AvgIpc) is 2.73. The van der Waals surface area contributed by atoms with Gasteiger partial charge in [0.15, 0.2) is 5.75 Å². The van der Waals surface area contributed by atoms with Gasteiger partial charge in [0.25, 0.3) is 5.56 Å². The summed E-state index contributed by atoms with van der Waals surface area (Å²) in [6, 6.07) is 8.13. The Morgan fingerprint density at radius 1 is 1.27 bits per heavy atom. The summed E-state index contributed by atoms with van der Waals surface area (Å²) in [5, 5.41) is 16.1. The lowest BCUT2D eigenvalue weighted by atomic mass is 10.2. The molecule has 0 atom stereocenters. The summed E-state index contributed by atoms with van der Waals surface area (Å²) in [7, 11) is 2.71. The molecule has 10 heteroatoms. The summed E-state index contributed by atoms with van der Waals surface area (Å²) in [5.41, 5.74) is 0.374. The van der Waals surface area contributed by atoms with Crippen molar-refractivity contribution in [2.75, 3.05) is 14.2 Å². The van der Waals surface area contributed by atoms with Gasteiger partial charge in [-0.05, 0) is 30.7 Å². The summed E-state index contributed by atoms with van der Waals surface area (Å²) >= 11 is 3.36. The quantitative estimate of drug-likeness (QED) is 0.291. The lowest BCUT2D eigenvalue weighted by Crippen LogP contribution is -2.22. The number of benzene rings is 2. The predicted molar refractivity (Wildman–Crippen MR) is 117 cm³/mol. The highest BCUT2D eigenvalue weighted by molar-refractivity contribution is 9.10. The molecule has 0 saturated heterocycles. The van der Waals surface area contributed by atoms with Gasteiger partial charge in [-0.25, -0.2) is 4.98 Å². The number of nitro groups is 1. The Bertz CT molecular complexity index is 1210. The molecule has 156 valence electrons. The van der Waals surface area contributed by atoms with Crippen LogP contribution in [-0.2, 0) is 6.42 Å². The largest absolute Gasteiger partial charge is 0.493 e. The molecule has 0 radical (unpaired) electrons. The lowest BCUT2D eigenvalue weighted by Gasteiger charge is -2.10. The van der Waals surface area contributed by atoms with Crippen LogP contribution < -0.4 is 15.0 Å². The molecule has 0 fully saturated rings. The third-order valence-corrected chi connectivity index (χ3v) is 4.84. The van der Waals surface area contributed by atoms with Crippen molar-refractivity contribution in [3.63, 3.8) is 0 Å². The average molecular weight is 475 g/mol. The SMILES string of the molecule is CCCc1nc2ccc(Br)cc2c(=O)n1N=Cc1cc(OC)c(OC)c([N+](=O)[O-])c1. The minimum absolute atomic E-state index is 0.0145. The van der Waals surface area contributed by atoms with E-state index in [-0.39, 0.29) is 22.7 Å². The molecule has 1 heterocycles. The van der Waals surface area contributed by atoms with Crippen LogP contribution in [-0.4, -0.2) is 35.0 Å². The molecule has 3 aromatic rings. The molecule has 0 amide bonds. The van der Waals surface area contributed by atoms with Gasteiger partial charge in [-0.1, -0.05) is 22.9 Å². The Kier molecular flexibility index (Phi) is 6.46. The van der Waals surface area contributed by atoms with E-state index in [1.165, 1.54) is 31.2 Å². The Labute approximate surface area is 180 Å². The third-order valence-electron chi connectivity index (χ3n) is 4.35. The van der Waals surface area contributed by atoms with Crippen LogP contribution in [0.2, 0.25) is 0 Å². The number of fused-ring (bicyclic) bond motifs is 1. The zero-order valence-corrected chi connectivity index (χ0v) is 18.2. The molecule has 0 bridgehead atoms. The van der Waals surface area contributed by atoms with Gasteiger partial charge in [0.1, 0.15) is 5.82 Å². The molecule has 0 aliphatic rings. The number of aromatic nitrogens is 2. The maximum absolute atomic E-state index is 13.0. The van der Waals surface area contributed by atoms with Crippen LogP contribution in [0.5, 0.6) is 11.5 Å². The van der Waals surface area contributed by atoms with E-state index in [0.29, 0.717) is 28.7 Å². The Balaban J connectivity index is 2.17. The highest BCUT2D eigenvalue weighted by Gasteiger charge is 2.21. The number of rotatable bonds is 7. The van der Waals surface area contributed by atoms with E-state index in [4.69, 9.17) is 9.47 Å². The summed E-state index contributed by atoms with van der Waals surface area (Å²) < 4.78 is 12.3. The topological polar surface area (TPSA) is 109 Å². The molecule has 0 unspecified atom stereocenters. The van der Waals surface area contributed by atoms with Crippen molar-refractivity contribution in [2.45, 2.75) is 19.8 Å². The van der Waals surface area contributed by atoms with Gasteiger partial charge in [-0.15, -0.1) is 0 Å². The molecule has 0 aliphatic heterocycles. The minimum Gasteiger partial charge on any atom is -0.493 e. The first-order valence-electron chi connectivity index (χ1n) is 9.05. The fourth-order valence-electron chi connectivity index (χ4n) is 3.00. The van der Waals surface area contributed by atoms with Gasteiger partial charge < -0.3 is 9.47 Å². The Morgan fingerprint density at radius 2 is 2.03 bits per heavy atom. The minimum atomic E-state index is -0.567. The van der Waals surface area contributed by atoms with E-state index in [1.807, 2.05) is 13.0 Å².